The van der Waals surface area contributed by atoms with E-state index < -0.39 is 0 Å². The van der Waals surface area contributed by atoms with Crippen LogP contribution in [0.1, 0.15) is 12.6 Å². The lowest BCUT2D eigenvalue weighted by molar-refractivity contribution is 0.599. The summed E-state index contributed by atoms with van der Waals surface area (Å²) in [6, 6.07) is 10.7. The summed E-state index contributed by atoms with van der Waals surface area (Å²) in [4.78, 5) is 9.53. The highest BCUT2D eigenvalue weighted by Gasteiger charge is 2.03. The molecule has 0 saturated carbocycles. The summed E-state index contributed by atoms with van der Waals surface area (Å²) in [5, 5.41) is 7.11. The third-order valence-corrected chi connectivity index (χ3v) is 4.31. The SMILES string of the molecule is CCNC(=NCc1ncccc1F)NCCSc1ccc(Cl)cc1. The van der Waals surface area contributed by atoms with Crippen molar-refractivity contribution >= 4 is 29.3 Å². The molecule has 128 valence electrons. The van der Waals surface area contributed by atoms with Crippen molar-refractivity contribution in [2.45, 2.75) is 18.4 Å². The maximum Gasteiger partial charge on any atom is 0.191 e. The molecule has 0 atom stereocenters. The van der Waals surface area contributed by atoms with E-state index >= 15 is 0 Å². The van der Waals surface area contributed by atoms with Crippen molar-refractivity contribution < 1.29 is 4.39 Å². The van der Waals surface area contributed by atoms with Crippen LogP contribution >= 0.6 is 23.4 Å². The third-order valence-electron chi connectivity index (χ3n) is 3.04. The molecule has 0 radical (unpaired) electrons. The van der Waals surface area contributed by atoms with Crippen molar-refractivity contribution in [1.29, 1.82) is 0 Å². The van der Waals surface area contributed by atoms with Gasteiger partial charge in [-0.05, 0) is 43.3 Å². The lowest BCUT2D eigenvalue weighted by Gasteiger charge is -2.11. The van der Waals surface area contributed by atoms with Crippen molar-refractivity contribution in [2.24, 2.45) is 4.99 Å². The largest absolute Gasteiger partial charge is 0.357 e. The lowest BCUT2D eigenvalue weighted by Crippen LogP contribution is -2.38. The van der Waals surface area contributed by atoms with E-state index in [4.69, 9.17) is 11.6 Å². The highest BCUT2D eigenvalue weighted by Crippen LogP contribution is 2.19. The summed E-state index contributed by atoms with van der Waals surface area (Å²) in [6.45, 7) is 3.66. The van der Waals surface area contributed by atoms with Crippen LogP contribution < -0.4 is 10.6 Å². The molecule has 0 aliphatic rings. The molecule has 0 unspecified atom stereocenters. The summed E-state index contributed by atoms with van der Waals surface area (Å²) < 4.78 is 13.6. The topological polar surface area (TPSA) is 49.3 Å². The first-order valence-electron chi connectivity index (χ1n) is 7.69. The first kappa shape index (κ1) is 18.5. The van der Waals surface area contributed by atoms with Gasteiger partial charge in [-0.3, -0.25) is 4.98 Å². The van der Waals surface area contributed by atoms with Gasteiger partial charge in [0.05, 0.1) is 12.2 Å². The van der Waals surface area contributed by atoms with Gasteiger partial charge in [-0.2, -0.15) is 0 Å². The first-order valence-corrected chi connectivity index (χ1v) is 9.05. The molecule has 1 aromatic heterocycles. The first-order chi connectivity index (χ1) is 11.7. The predicted molar refractivity (Wildman–Crippen MR) is 99.2 cm³/mol. The van der Waals surface area contributed by atoms with Crippen LogP contribution in [0.5, 0.6) is 0 Å². The molecule has 0 bridgehead atoms. The number of nitrogens with zero attached hydrogens (tertiary/aromatic N) is 2. The van der Waals surface area contributed by atoms with Gasteiger partial charge in [-0.15, -0.1) is 11.8 Å². The second-order valence-corrected chi connectivity index (χ2v) is 6.46. The summed E-state index contributed by atoms with van der Waals surface area (Å²) >= 11 is 7.60. The average molecular weight is 367 g/mol. The quantitative estimate of drug-likeness (QED) is 0.339. The van der Waals surface area contributed by atoms with E-state index in [0.717, 1.165) is 23.9 Å². The molecule has 24 heavy (non-hydrogen) atoms. The minimum atomic E-state index is -0.338. The number of hydrogen-bond acceptors (Lipinski definition) is 3. The van der Waals surface area contributed by atoms with Crippen LogP contribution in [0.15, 0.2) is 52.5 Å². The Hall–Kier alpha value is -1.79. The van der Waals surface area contributed by atoms with Crippen LogP contribution in [0.3, 0.4) is 0 Å². The molecule has 0 aliphatic heterocycles. The molecule has 1 aromatic carbocycles. The summed E-state index contributed by atoms with van der Waals surface area (Å²) in [7, 11) is 0. The smallest absolute Gasteiger partial charge is 0.191 e. The van der Waals surface area contributed by atoms with Gasteiger partial charge in [0, 0.05) is 35.0 Å². The van der Waals surface area contributed by atoms with Crippen LogP contribution in [0.2, 0.25) is 5.02 Å². The van der Waals surface area contributed by atoms with Gasteiger partial charge < -0.3 is 10.6 Å². The van der Waals surface area contributed by atoms with Gasteiger partial charge in [0.1, 0.15) is 5.82 Å². The Morgan fingerprint density at radius 1 is 1.25 bits per heavy atom. The molecule has 0 fully saturated rings. The molecule has 7 heteroatoms. The van der Waals surface area contributed by atoms with Gasteiger partial charge in [0.2, 0.25) is 0 Å². The van der Waals surface area contributed by atoms with E-state index in [1.54, 1.807) is 24.0 Å². The Bertz CT molecular complexity index is 664. The zero-order valence-electron chi connectivity index (χ0n) is 13.4. The Balaban J connectivity index is 1.81. The summed E-state index contributed by atoms with van der Waals surface area (Å²) in [5.74, 6) is 1.19. The third kappa shape index (κ3) is 6.37. The number of rotatable bonds is 7. The van der Waals surface area contributed by atoms with Gasteiger partial charge in [-0.25, -0.2) is 9.38 Å². The molecule has 0 spiro atoms. The zero-order valence-corrected chi connectivity index (χ0v) is 15.0. The Labute approximate surface area is 150 Å². The van der Waals surface area contributed by atoms with Crippen molar-refractivity contribution in [3.8, 4) is 0 Å². The van der Waals surface area contributed by atoms with Crippen molar-refractivity contribution in [2.75, 3.05) is 18.8 Å². The van der Waals surface area contributed by atoms with Gasteiger partial charge in [0.15, 0.2) is 5.96 Å². The number of guanidine groups is 1. The number of aliphatic imine (C=N–C) groups is 1. The highest BCUT2D eigenvalue weighted by molar-refractivity contribution is 7.99. The standard InChI is InChI=1S/C17H20ClFN4S/c1-2-20-17(23-12-16-15(19)4-3-9-21-16)22-10-11-24-14-7-5-13(18)6-8-14/h3-9H,2,10-12H2,1H3,(H2,20,22,23). The number of halogens is 2. The summed E-state index contributed by atoms with van der Waals surface area (Å²) in [6.07, 6.45) is 1.57. The van der Waals surface area contributed by atoms with Crippen LogP contribution in [-0.4, -0.2) is 29.8 Å². The number of pyridine rings is 1. The van der Waals surface area contributed by atoms with E-state index in [1.807, 2.05) is 31.2 Å². The van der Waals surface area contributed by atoms with Crippen LogP contribution in [0, 0.1) is 5.82 Å². The number of benzene rings is 1. The Morgan fingerprint density at radius 2 is 2.04 bits per heavy atom. The Morgan fingerprint density at radius 3 is 2.75 bits per heavy atom. The van der Waals surface area contributed by atoms with Crippen LogP contribution in [0.4, 0.5) is 4.39 Å². The number of hydrogen-bond donors (Lipinski definition) is 2. The van der Waals surface area contributed by atoms with E-state index in [-0.39, 0.29) is 12.4 Å². The molecule has 0 aliphatic carbocycles. The number of aromatic nitrogens is 1. The zero-order chi connectivity index (χ0) is 17.2. The predicted octanol–water partition coefficient (Wildman–Crippen LogP) is 3.72. The second-order valence-electron chi connectivity index (χ2n) is 4.86. The van der Waals surface area contributed by atoms with Gasteiger partial charge >= 0.3 is 0 Å². The molecular formula is C17H20ClFN4S. The second kappa shape index (κ2) is 10.2. The minimum Gasteiger partial charge on any atom is -0.357 e. The van der Waals surface area contributed by atoms with E-state index in [9.17, 15) is 4.39 Å². The fourth-order valence-corrected chi connectivity index (χ4v) is 2.79. The molecule has 2 N–H and O–H groups in total. The normalized spacial score (nSPS) is 11.4. The van der Waals surface area contributed by atoms with Gasteiger partial charge in [0.25, 0.3) is 0 Å². The van der Waals surface area contributed by atoms with E-state index in [1.165, 1.54) is 11.0 Å². The van der Waals surface area contributed by atoms with Crippen molar-refractivity contribution in [3.63, 3.8) is 0 Å². The van der Waals surface area contributed by atoms with Crippen LogP contribution in [-0.2, 0) is 6.54 Å². The minimum absolute atomic E-state index is 0.201. The number of thioether (sulfide) groups is 1. The molecule has 0 amide bonds. The molecule has 1 heterocycles. The maximum absolute atomic E-state index is 13.6. The van der Waals surface area contributed by atoms with Crippen LogP contribution in [0.25, 0.3) is 0 Å². The molecule has 2 rings (SSSR count). The molecule has 4 nitrogen and oxygen atoms in total. The molecule has 2 aromatic rings. The summed E-state index contributed by atoms with van der Waals surface area (Å²) in [5.41, 5.74) is 0.338. The fourth-order valence-electron chi connectivity index (χ4n) is 1.90. The maximum atomic E-state index is 13.6. The Kier molecular flexibility index (Phi) is 7.85. The highest BCUT2D eigenvalue weighted by atomic mass is 35.5. The molecule has 0 saturated heterocycles. The van der Waals surface area contributed by atoms with E-state index in [2.05, 4.69) is 20.6 Å². The average Bonchev–Trinajstić information content (AvgIpc) is 2.59. The van der Waals surface area contributed by atoms with Crippen molar-refractivity contribution in [3.05, 3.63) is 59.1 Å². The van der Waals surface area contributed by atoms with Crippen molar-refractivity contribution in [1.82, 2.24) is 15.6 Å². The molecular weight excluding hydrogens is 347 g/mol. The lowest BCUT2D eigenvalue weighted by atomic mass is 10.3. The monoisotopic (exact) mass is 366 g/mol. The fraction of sp³-hybridized carbons (Fsp3) is 0.294. The van der Waals surface area contributed by atoms with Gasteiger partial charge in [-0.1, -0.05) is 11.6 Å². The van der Waals surface area contributed by atoms with E-state index in [0.29, 0.717) is 11.7 Å². The number of nitrogens with one attached hydrogen (secondary N) is 2.